The van der Waals surface area contributed by atoms with Crippen molar-refractivity contribution in [2.24, 2.45) is 5.92 Å². The molecule has 6 rings (SSSR count). The predicted octanol–water partition coefficient (Wildman–Crippen LogP) is 9.17. The zero-order valence-corrected chi connectivity index (χ0v) is 22.5. The molecule has 2 unspecified atom stereocenters. The molecule has 2 aliphatic rings. The van der Waals surface area contributed by atoms with Gasteiger partial charge in [0.1, 0.15) is 17.7 Å². The van der Waals surface area contributed by atoms with Gasteiger partial charge in [0, 0.05) is 33.1 Å². The number of nitriles is 2. The van der Waals surface area contributed by atoms with Gasteiger partial charge in [-0.15, -0.1) is 11.8 Å². The third kappa shape index (κ3) is 3.99. The van der Waals surface area contributed by atoms with Crippen molar-refractivity contribution in [1.29, 1.82) is 10.5 Å². The molecule has 0 N–H and O–H groups in total. The highest BCUT2D eigenvalue weighted by atomic mass is 32.2. The number of allylic oxidation sites excluding steroid dienone is 3. The molecule has 4 heteroatoms. The summed E-state index contributed by atoms with van der Waals surface area (Å²) >= 11 is 1.76. The van der Waals surface area contributed by atoms with Crippen LogP contribution in [0.1, 0.15) is 35.8 Å². The van der Waals surface area contributed by atoms with Gasteiger partial charge in [0.15, 0.2) is 0 Å². The van der Waals surface area contributed by atoms with Crippen LogP contribution in [0.3, 0.4) is 0 Å². The number of nitrogens with zero attached hydrogens (tertiary/aromatic N) is 3. The maximum absolute atomic E-state index is 9.21. The number of benzene rings is 4. The Kier molecular flexibility index (Phi) is 5.87. The fraction of sp³-hybridized carbons (Fsp3) is 0.176. The summed E-state index contributed by atoms with van der Waals surface area (Å²) < 4.78 is 0. The highest BCUT2D eigenvalue weighted by Gasteiger charge is 2.48. The number of hydrogen-bond donors (Lipinski definition) is 0. The normalized spacial score (nSPS) is 18.6. The average molecular weight is 510 g/mol. The second-order valence-corrected chi connectivity index (χ2v) is 11.8. The molecule has 4 aromatic rings. The van der Waals surface area contributed by atoms with E-state index in [0.717, 1.165) is 22.0 Å². The van der Waals surface area contributed by atoms with Gasteiger partial charge in [-0.2, -0.15) is 10.5 Å². The van der Waals surface area contributed by atoms with E-state index in [4.69, 9.17) is 0 Å². The molecule has 4 aromatic carbocycles. The van der Waals surface area contributed by atoms with Crippen LogP contribution >= 0.6 is 11.8 Å². The monoisotopic (exact) mass is 509 g/mol. The summed E-state index contributed by atoms with van der Waals surface area (Å²) in [5.74, 6) is 0.302. The first-order valence-corrected chi connectivity index (χ1v) is 13.7. The largest absolute Gasteiger partial charge is 0.310 e. The van der Waals surface area contributed by atoms with Gasteiger partial charge in [0.05, 0.1) is 0 Å². The summed E-state index contributed by atoms with van der Waals surface area (Å²) in [5.41, 5.74) is 7.40. The minimum Gasteiger partial charge on any atom is -0.310 e. The third-order valence-corrected chi connectivity index (χ3v) is 9.20. The lowest BCUT2D eigenvalue weighted by Crippen LogP contribution is -2.22. The second-order valence-electron chi connectivity index (χ2n) is 10.6. The van der Waals surface area contributed by atoms with Crippen molar-refractivity contribution in [1.82, 2.24) is 0 Å². The Morgan fingerprint density at radius 3 is 2.24 bits per heavy atom. The molecule has 0 saturated carbocycles. The van der Waals surface area contributed by atoms with Gasteiger partial charge in [-0.1, -0.05) is 74.0 Å². The molecule has 0 bridgehead atoms. The highest BCUT2D eigenvalue weighted by Crippen LogP contribution is 2.62. The van der Waals surface area contributed by atoms with Gasteiger partial charge >= 0.3 is 0 Å². The van der Waals surface area contributed by atoms with E-state index in [1.165, 1.54) is 27.5 Å². The van der Waals surface area contributed by atoms with Gasteiger partial charge in [0.2, 0.25) is 0 Å². The summed E-state index contributed by atoms with van der Waals surface area (Å²) in [7, 11) is 0. The van der Waals surface area contributed by atoms with Crippen LogP contribution in [0.25, 0.3) is 10.8 Å². The van der Waals surface area contributed by atoms with Crippen molar-refractivity contribution in [3.05, 3.63) is 124 Å². The van der Waals surface area contributed by atoms with Crippen molar-refractivity contribution in [3.8, 4) is 12.1 Å². The standard InChI is InChI=1S/C34H27N3S/c1-22-8-11-26(12-9-22)37(27-13-10-24-6-4-5-7-25(24)17-27)28-14-15-30-31(18-28)34(2,3)32-19-29(38-33(30)32)16-23(20-35)21-36/h4-19,32-33H,1-3H3. The SMILES string of the molecule is Cc1ccc(N(c2ccc3c(c2)C(C)(C)C2C=C(C=C(C#N)C#N)SC32)c2ccc3ccccc3c2)cc1. The van der Waals surface area contributed by atoms with Crippen LogP contribution in [0.2, 0.25) is 0 Å². The van der Waals surface area contributed by atoms with Crippen molar-refractivity contribution >= 4 is 39.6 Å². The minimum atomic E-state index is -0.0830. The predicted molar refractivity (Wildman–Crippen MR) is 158 cm³/mol. The van der Waals surface area contributed by atoms with Crippen molar-refractivity contribution < 1.29 is 0 Å². The van der Waals surface area contributed by atoms with Crippen LogP contribution in [0.5, 0.6) is 0 Å². The summed E-state index contributed by atoms with van der Waals surface area (Å²) in [4.78, 5) is 3.36. The zero-order chi connectivity index (χ0) is 26.4. The summed E-state index contributed by atoms with van der Waals surface area (Å²) in [6.07, 6.45) is 3.98. The van der Waals surface area contributed by atoms with Crippen LogP contribution < -0.4 is 4.90 Å². The molecule has 0 radical (unpaired) electrons. The lowest BCUT2D eigenvalue weighted by atomic mass is 9.78. The molecule has 3 nitrogen and oxygen atoms in total. The molecular formula is C34H27N3S. The molecular weight excluding hydrogens is 482 g/mol. The molecule has 0 amide bonds. The van der Waals surface area contributed by atoms with Gasteiger partial charge in [-0.05, 0) is 76.7 Å². The van der Waals surface area contributed by atoms with E-state index in [1.54, 1.807) is 17.8 Å². The molecule has 38 heavy (non-hydrogen) atoms. The highest BCUT2D eigenvalue weighted by molar-refractivity contribution is 8.03. The lowest BCUT2D eigenvalue weighted by molar-refractivity contribution is 0.418. The van der Waals surface area contributed by atoms with Crippen LogP contribution in [0.15, 0.2) is 108 Å². The Balaban J connectivity index is 1.45. The molecule has 1 aliphatic carbocycles. The Hall–Kier alpha value is -4.25. The molecule has 184 valence electrons. The van der Waals surface area contributed by atoms with Gasteiger partial charge < -0.3 is 4.90 Å². The average Bonchev–Trinajstić information content (AvgIpc) is 3.45. The van der Waals surface area contributed by atoms with E-state index in [1.807, 2.05) is 12.1 Å². The van der Waals surface area contributed by atoms with Crippen LogP contribution in [0.4, 0.5) is 17.1 Å². The van der Waals surface area contributed by atoms with Crippen LogP contribution in [-0.2, 0) is 5.41 Å². The molecule has 1 heterocycles. The first-order chi connectivity index (χ1) is 18.4. The molecule has 0 saturated heterocycles. The maximum atomic E-state index is 9.21. The Morgan fingerprint density at radius 1 is 0.842 bits per heavy atom. The van der Waals surface area contributed by atoms with E-state index in [2.05, 4.69) is 117 Å². The van der Waals surface area contributed by atoms with Crippen molar-refractivity contribution in [3.63, 3.8) is 0 Å². The summed E-state index contributed by atoms with van der Waals surface area (Å²) in [5, 5.41) is 21.2. The topological polar surface area (TPSA) is 50.8 Å². The van der Waals surface area contributed by atoms with Crippen LogP contribution in [-0.4, -0.2) is 0 Å². The first-order valence-electron chi connectivity index (χ1n) is 12.8. The van der Waals surface area contributed by atoms with Crippen molar-refractivity contribution in [2.75, 3.05) is 4.90 Å². The second kappa shape index (κ2) is 9.25. The number of hydrogen-bond acceptors (Lipinski definition) is 4. The molecule has 0 fully saturated rings. The van der Waals surface area contributed by atoms with Gasteiger partial charge in [0.25, 0.3) is 0 Å². The fourth-order valence-corrected chi connectivity index (χ4v) is 7.41. The lowest BCUT2D eigenvalue weighted by Gasteiger charge is -2.29. The van der Waals surface area contributed by atoms with E-state index < -0.39 is 0 Å². The van der Waals surface area contributed by atoms with E-state index in [-0.39, 0.29) is 16.2 Å². The van der Waals surface area contributed by atoms with Gasteiger partial charge in [-0.25, -0.2) is 0 Å². The van der Waals surface area contributed by atoms with Gasteiger partial charge in [-0.3, -0.25) is 0 Å². The Morgan fingerprint density at radius 2 is 1.50 bits per heavy atom. The fourth-order valence-electron chi connectivity index (χ4n) is 5.81. The molecule has 2 atom stereocenters. The van der Waals surface area contributed by atoms with E-state index in [0.29, 0.717) is 5.92 Å². The number of thioether (sulfide) groups is 1. The summed E-state index contributed by atoms with van der Waals surface area (Å²) in [6.45, 7) is 6.74. The smallest absolute Gasteiger partial charge is 0.130 e. The summed E-state index contributed by atoms with van der Waals surface area (Å²) in [6, 6.07) is 34.7. The zero-order valence-electron chi connectivity index (χ0n) is 21.6. The number of rotatable bonds is 4. The quantitative estimate of drug-likeness (QED) is 0.257. The minimum absolute atomic E-state index is 0.0830. The van der Waals surface area contributed by atoms with Crippen molar-refractivity contribution in [2.45, 2.75) is 31.4 Å². The first kappa shape index (κ1) is 24.1. The van der Waals surface area contributed by atoms with Crippen LogP contribution in [0, 0.1) is 35.5 Å². The number of fused-ring (bicyclic) bond motifs is 4. The Bertz CT molecular complexity index is 1700. The molecule has 0 aromatic heterocycles. The third-order valence-electron chi connectivity index (χ3n) is 7.87. The number of aryl methyl sites for hydroxylation is 1. The molecule has 1 aliphatic heterocycles. The molecule has 0 spiro atoms. The maximum Gasteiger partial charge on any atom is 0.130 e. The van der Waals surface area contributed by atoms with E-state index >= 15 is 0 Å². The van der Waals surface area contributed by atoms with E-state index in [9.17, 15) is 10.5 Å². The number of anilines is 3. The Labute approximate surface area is 228 Å².